The molecule has 8 N–H and O–H groups in total. The Morgan fingerprint density at radius 3 is 1.37 bits per heavy atom. The first kappa shape index (κ1) is 52.9. The van der Waals surface area contributed by atoms with Gasteiger partial charge < -0.3 is 60.7 Å². The summed E-state index contributed by atoms with van der Waals surface area (Å²) in [7, 11) is 0. The number of esters is 1. The number of nitrogens with zero attached hydrogens (tertiary/aromatic N) is 2. The third-order valence-electron chi connectivity index (χ3n) is 7.04. The summed E-state index contributed by atoms with van der Waals surface area (Å²) < 4.78 is 95.4. The van der Waals surface area contributed by atoms with Crippen LogP contribution in [0.1, 0.15) is 54.4 Å². The fourth-order valence-electron chi connectivity index (χ4n) is 4.54. The zero-order valence-corrected chi connectivity index (χ0v) is 34.7. The molecule has 3 aromatic rings. The van der Waals surface area contributed by atoms with Gasteiger partial charge in [0.05, 0.1) is 26.4 Å². The second-order valence-electron chi connectivity index (χ2n) is 14.6. The van der Waals surface area contributed by atoms with Crippen LogP contribution in [0.25, 0.3) is 0 Å². The Morgan fingerprint density at radius 2 is 0.967 bits per heavy atom. The minimum absolute atomic E-state index is 0.0501. The van der Waals surface area contributed by atoms with Crippen molar-refractivity contribution < 1.29 is 64.8 Å². The van der Waals surface area contributed by atoms with Gasteiger partial charge in [-0.15, -0.1) is 0 Å². The number of rotatable bonds is 19. The van der Waals surface area contributed by atoms with Gasteiger partial charge in [0.2, 0.25) is 34.8 Å². The molecule has 0 fully saturated rings. The number of aromatic nitrogens is 2. The number of carbonyl (C=O) groups excluding carboxylic acids is 4. The number of Topliss-reactive ketones (excluding diaryl/α,β-unsaturated/α-hetero) is 1. The van der Waals surface area contributed by atoms with Gasteiger partial charge in [0, 0.05) is 64.0 Å². The predicted molar refractivity (Wildman–Crippen MR) is 210 cm³/mol. The first-order chi connectivity index (χ1) is 28.1. The minimum atomic E-state index is -2.39. The summed E-state index contributed by atoms with van der Waals surface area (Å²) >= 11 is 0. The van der Waals surface area contributed by atoms with Gasteiger partial charge in [-0.2, -0.15) is 8.78 Å². The lowest BCUT2D eigenvalue weighted by molar-refractivity contribution is -0.137. The molecule has 21 heteroatoms. The minimum Gasteiger partial charge on any atom is -0.444 e. The van der Waals surface area contributed by atoms with Gasteiger partial charge in [0.25, 0.3) is 0 Å². The fraction of sp³-hybridized carbons (Fsp3) is 0.538. The highest BCUT2D eigenvalue weighted by Gasteiger charge is 2.32. The molecule has 0 bridgehead atoms. The van der Waals surface area contributed by atoms with Crippen molar-refractivity contribution in [3.63, 3.8) is 0 Å². The largest absolute Gasteiger partial charge is 0.444 e. The van der Waals surface area contributed by atoms with E-state index >= 15 is 0 Å². The smallest absolute Gasteiger partial charge is 0.408 e. The molecular formula is C39H58F5N7O9. The highest BCUT2D eigenvalue weighted by Crippen LogP contribution is 2.29. The molecule has 0 saturated heterocycles. The first-order valence-corrected chi connectivity index (χ1v) is 18.9. The van der Waals surface area contributed by atoms with Crippen LogP contribution in [0.3, 0.4) is 0 Å². The molecule has 0 aliphatic carbocycles. The maximum Gasteiger partial charge on any atom is 0.408 e. The second-order valence-corrected chi connectivity index (χ2v) is 14.6. The van der Waals surface area contributed by atoms with Crippen LogP contribution < -0.4 is 32.6 Å². The predicted octanol–water partition coefficient (Wildman–Crippen LogP) is 4.31. The maximum atomic E-state index is 13.8. The summed E-state index contributed by atoms with van der Waals surface area (Å²) in [5.74, 6) is -14.8. The molecule has 2 unspecified atom stereocenters. The number of alkyl carbamates (subject to hydrolysis) is 2. The Morgan fingerprint density at radius 1 is 0.600 bits per heavy atom. The van der Waals surface area contributed by atoms with Crippen molar-refractivity contribution in [1.29, 1.82) is 0 Å². The van der Waals surface area contributed by atoms with Gasteiger partial charge in [-0.3, -0.25) is 4.79 Å². The van der Waals surface area contributed by atoms with Crippen LogP contribution >= 0.6 is 0 Å². The average molecular weight is 864 g/mol. The van der Waals surface area contributed by atoms with Gasteiger partial charge in [-0.25, -0.2) is 27.6 Å². The molecule has 2 atom stereocenters. The van der Waals surface area contributed by atoms with E-state index in [-0.39, 0.29) is 12.3 Å². The van der Waals surface area contributed by atoms with Crippen LogP contribution in [0.4, 0.5) is 31.5 Å². The quantitative estimate of drug-likeness (QED) is 0.0284. The number of carbonyl (C=O) groups is 4. The molecule has 2 amide bonds. The Bertz CT molecular complexity index is 1700. The van der Waals surface area contributed by atoms with Crippen molar-refractivity contribution in [3.05, 3.63) is 78.1 Å². The van der Waals surface area contributed by atoms with E-state index in [0.29, 0.717) is 65.4 Å². The Hall–Kier alpha value is -5.09. The lowest BCUT2D eigenvalue weighted by atomic mass is 10.1. The topological polar surface area (TPSA) is 226 Å². The number of benzene rings is 1. The van der Waals surface area contributed by atoms with E-state index in [1.165, 1.54) is 17.0 Å². The van der Waals surface area contributed by atoms with Crippen molar-refractivity contribution in [2.75, 3.05) is 46.1 Å². The molecule has 1 aromatic carbocycles. The van der Waals surface area contributed by atoms with Crippen LogP contribution in [-0.4, -0.2) is 102 Å². The SMILES string of the molecule is CC(C)(C)OC(=O)NC(Cn1cccc1)C(=O)CCCOCCN.CC(C)(C)OC(=O)NC(Cn1cccc1)C(=O)Oc1c(F)c(F)c(F)c(F)c1F.NCCOCCN. The molecule has 2 heterocycles. The number of nitrogens with one attached hydrogen (secondary N) is 2. The summed E-state index contributed by atoms with van der Waals surface area (Å²) in [6.45, 7) is 14.0. The Balaban J connectivity index is 0.000000524. The molecular weight excluding hydrogens is 805 g/mol. The van der Waals surface area contributed by atoms with E-state index in [1.54, 1.807) is 53.7 Å². The molecule has 60 heavy (non-hydrogen) atoms. The molecule has 3 rings (SSSR count). The van der Waals surface area contributed by atoms with Crippen molar-refractivity contribution in [2.24, 2.45) is 17.2 Å². The van der Waals surface area contributed by atoms with Crippen molar-refractivity contribution in [1.82, 2.24) is 19.8 Å². The molecule has 16 nitrogen and oxygen atoms in total. The van der Waals surface area contributed by atoms with Crippen molar-refractivity contribution in [3.8, 4) is 5.75 Å². The normalized spacial score (nSPS) is 12.2. The average Bonchev–Trinajstić information content (AvgIpc) is 3.88. The standard InChI is InChI=1S/C18H17F5N2O4.C17H29N3O4.C4H12N2O/c1-18(2,3)29-17(27)24-9(8-25-6-4-5-7-25)16(26)28-15-13(22)11(20)10(19)12(21)14(15)23;1-17(2,3)24-16(22)19-14(13-20-9-4-5-10-20)15(21)7-6-11-23-12-8-18;5-1-3-7-4-2-6/h4-7,9H,8H2,1-3H3,(H,24,27);4-5,9-10,14H,6-8,11-13,18H2,1-3H3,(H,19,22);1-6H2. The van der Waals surface area contributed by atoms with Crippen LogP contribution in [0, 0.1) is 29.1 Å². The van der Waals surface area contributed by atoms with Gasteiger partial charge in [0.1, 0.15) is 23.3 Å². The number of hydrogen-bond donors (Lipinski definition) is 5. The summed E-state index contributed by atoms with van der Waals surface area (Å²) in [4.78, 5) is 48.8. The Kier molecular flexibility index (Phi) is 23.7. The van der Waals surface area contributed by atoms with Gasteiger partial charge in [-0.1, -0.05) is 0 Å². The van der Waals surface area contributed by atoms with Crippen LogP contribution in [-0.2, 0) is 41.6 Å². The van der Waals surface area contributed by atoms with Gasteiger partial charge in [0.15, 0.2) is 5.78 Å². The van der Waals surface area contributed by atoms with Crippen LogP contribution in [0.2, 0.25) is 0 Å². The summed E-state index contributed by atoms with van der Waals surface area (Å²) in [6, 6.07) is 4.74. The van der Waals surface area contributed by atoms with E-state index in [9.17, 15) is 41.1 Å². The summed E-state index contributed by atoms with van der Waals surface area (Å²) in [5.41, 5.74) is 14.0. The van der Waals surface area contributed by atoms with Gasteiger partial charge in [-0.05, 0) is 72.2 Å². The van der Waals surface area contributed by atoms with Crippen molar-refractivity contribution >= 4 is 23.9 Å². The first-order valence-electron chi connectivity index (χ1n) is 18.9. The number of hydrogen-bond acceptors (Lipinski definition) is 12. The van der Waals surface area contributed by atoms with Crippen LogP contribution in [0.15, 0.2) is 49.1 Å². The van der Waals surface area contributed by atoms with E-state index in [2.05, 4.69) is 15.4 Å². The van der Waals surface area contributed by atoms with Gasteiger partial charge >= 0.3 is 18.2 Å². The molecule has 338 valence electrons. The summed E-state index contributed by atoms with van der Waals surface area (Å²) in [6.07, 6.45) is 5.99. The van der Waals surface area contributed by atoms with Crippen molar-refractivity contribution in [2.45, 2.75) is 90.8 Å². The lowest BCUT2D eigenvalue weighted by Crippen LogP contribution is -2.47. The molecule has 0 aliphatic rings. The van der Waals surface area contributed by atoms with E-state index in [1.807, 2.05) is 29.1 Å². The number of amides is 2. The number of nitrogens with two attached hydrogens (primary N) is 3. The third kappa shape index (κ3) is 21.3. The number of halogens is 5. The second kappa shape index (κ2) is 26.9. The molecule has 0 saturated carbocycles. The zero-order valence-electron chi connectivity index (χ0n) is 34.7. The third-order valence-corrected chi connectivity index (χ3v) is 7.04. The monoisotopic (exact) mass is 863 g/mol. The fourth-order valence-corrected chi connectivity index (χ4v) is 4.54. The Labute approximate surface area is 346 Å². The van der Waals surface area contributed by atoms with E-state index in [4.69, 9.17) is 36.1 Å². The lowest BCUT2D eigenvalue weighted by Gasteiger charge is -2.23. The maximum absolute atomic E-state index is 13.8. The zero-order chi connectivity index (χ0) is 45.5. The van der Waals surface area contributed by atoms with E-state index < -0.39 is 76.3 Å². The molecule has 0 spiro atoms. The molecule has 2 aromatic heterocycles. The number of ketones is 1. The highest BCUT2D eigenvalue weighted by atomic mass is 19.2. The van der Waals surface area contributed by atoms with E-state index in [0.717, 1.165) is 0 Å². The molecule has 0 aliphatic heterocycles. The summed E-state index contributed by atoms with van der Waals surface area (Å²) in [5, 5.41) is 4.82. The molecule has 0 radical (unpaired) electrons. The van der Waals surface area contributed by atoms with Crippen LogP contribution in [0.5, 0.6) is 5.75 Å². The number of ether oxygens (including phenoxy) is 5. The highest BCUT2D eigenvalue weighted by molar-refractivity contribution is 5.87.